The van der Waals surface area contributed by atoms with Crippen LogP contribution in [0, 0.1) is 0 Å². The molecule has 1 atom stereocenters. The summed E-state index contributed by atoms with van der Waals surface area (Å²) in [5.74, 6) is 1.77. The average molecular weight is 377 g/mol. The smallest absolute Gasteiger partial charge is 0.265 e. The van der Waals surface area contributed by atoms with Crippen molar-refractivity contribution in [3.8, 4) is 17.2 Å². The van der Waals surface area contributed by atoms with E-state index in [4.69, 9.17) is 14.2 Å². The lowest BCUT2D eigenvalue weighted by atomic mass is 10.2. The van der Waals surface area contributed by atoms with Crippen LogP contribution in [0.25, 0.3) is 0 Å². The number of hydrogen-bond acceptors (Lipinski definition) is 4. The third-order valence-electron chi connectivity index (χ3n) is 3.92. The Morgan fingerprint density at radius 3 is 2.07 bits per heavy atom. The number of para-hydroxylation sites is 4. The highest BCUT2D eigenvalue weighted by Gasteiger charge is 2.16. The second-order valence-electron chi connectivity index (χ2n) is 6.07. The zero-order chi connectivity index (χ0) is 19.6. The number of carbonyl (C=O) groups is 1. The number of hydrogen-bond donors (Lipinski definition) is 1. The summed E-state index contributed by atoms with van der Waals surface area (Å²) in [4.78, 5) is 12.5. The maximum absolute atomic E-state index is 12.5. The van der Waals surface area contributed by atoms with Crippen molar-refractivity contribution in [2.75, 3.05) is 18.5 Å². The molecular weight excluding hydrogens is 354 g/mol. The monoisotopic (exact) mass is 377 g/mol. The predicted octanol–water partition coefficient (Wildman–Crippen LogP) is 4.55. The van der Waals surface area contributed by atoms with Crippen LogP contribution in [0.5, 0.6) is 17.2 Å². The van der Waals surface area contributed by atoms with Gasteiger partial charge in [-0.2, -0.15) is 0 Å². The van der Waals surface area contributed by atoms with Gasteiger partial charge in [0.05, 0.1) is 5.69 Å². The molecule has 144 valence electrons. The van der Waals surface area contributed by atoms with Crippen LogP contribution in [0.4, 0.5) is 5.69 Å². The van der Waals surface area contributed by atoms with Crippen molar-refractivity contribution in [2.24, 2.45) is 0 Å². The van der Waals surface area contributed by atoms with Crippen LogP contribution in [0.3, 0.4) is 0 Å². The molecule has 0 aliphatic heterocycles. The first kappa shape index (κ1) is 19.3. The zero-order valence-corrected chi connectivity index (χ0v) is 15.7. The van der Waals surface area contributed by atoms with Gasteiger partial charge in [0.2, 0.25) is 0 Å². The normalized spacial score (nSPS) is 11.3. The van der Waals surface area contributed by atoms with E-state index in [1.54, 1.807) is 19.1 Å². The summed E-state index contributed by atoms with van der Waals surface area (Å²) in [6.45, 7) is 2.47. The Morgan fingerprint density at radius 1 is 0.786 bits per heavy atom. The molecule has 0 saturated carbocycles. The van der Waals surface area contributed by atoms with E-state index >= 15 is 0 Å². The van der Waals surface area contributed by atoms with Gasteiger partial charge in [-0.1, -0.05) is 48.5 Å². The Kier molecular flexibility index (Phi) is 6.90. The number of anilines is 1. The minimum absolute atomic E-state index is 0.250. The van der Waals surface area contributed by atoms with Crippen molar-refractivity contribution in [3.05, 3.63) is 84.9 Å². The molecule has 0 aromatic heterocycles. The second-order valence-corrected chi connectivity index (χ2v) is 6.07. The molecule has 0 saturated heterocycles. The van der Waals surface area contributed by atoms with Gasteiger partial charge in [-0.25, -0.2) is 0 Å². The highest BCUT2D eigenvalue weighted by atomic mass is 16.5. The number of ether oxygens (including phenoxy) is 3. The molecule has 3 aromatic rings. The molecule has 1 amide bonds. The topological polar surface area (TPSA) is 56.8 Å². The summed E-state index contributed by atoms with van der Waals surface area (Å²) in [5, 5.41) is 2.86. The number of benzene rings is 3. The predicted molar refractivity (Wildman–Crippen MR) is 109 cm³/mol. The molecule has 0 aliphatic rings. The van der Waals surface area contributed by atoms with Crippen molar-refractivity contribution in [3.63, 3.8) is 0 Å². The molecule has 5 nitrogen and oxygen atoms in total. The van der Waals surface area contributed by atoms with Gasteiger partial charge in [-0.05, 0) is 43.3 Å². The molecular formula is C23H23NO4. The molecule has 3 rings (SSSR count). The molecule has 0 radical (unpaired) electrons. The Balaban J connectivity index is 1.52. The van der Waals surface area contributed by atoms with Gasteiger partial charge in [-0.3, -0.25) is 4.79 Å². The summed E-state index contributed by atoms with van der Waals surface area (Å²) < 4.78 is 17.1. The van der Waals surface area contributed by atoms with E-state index in [9.17, 15) is 4.79 Å². The van der Waals surface area contributed by atoms with E-state index in [0.717, 1.165) is 5.75 Å². The number of nitrogens with one attached hydrogen (secondary N) is 1. The quantitative estimate of drug-likeness (QED) is 0.556. The Hall–Kier alpha value is -3.47. The van der Waals surface area contributed by atoms with E-state index in [1.807, 2.05) is 72.8 Å². The van der Waals surface area contributed by atoms with Gasteiger partial charge < -0.3 is 19.5 Å². The summed E-state index contributed by atoms with van der Waals surface area (Å²) in [6, 6.07) is 26.1. The first-order valence-electron chi connectivity index (χ1n) is 9.14. The number of amides is 1. The molecule has 28 heavy (non-hydrogen) atoms. The molecule has 5 heteroatoms. The molecule has 0 spiro atoms. The molecule has 0 bridgehead atoms. The molecule has 1 N–H and O–H groups in total. The summed E-state index contributed by atoms with van der Waals surface area (Å²) in [6.07, 6.45) is -0.642. The fourth-order valence-electron chi connectivity index (χ4n) is 2.51. The van der Waals surface area contributed by atoms with E-state index < -0.39 is 6.10 Å². The lowest BCUT2D eigenvalue weighted by Crippen LogP contribution is -2.30. The highest BCUT2D eigenvalue weighted by molar-refractivity contribution is 5.95. The zero-order valence-electron chi connectivity index (χ0n) is 15.7. The van der Waals surface area contributed by atoms with E-state index in [1.165, 1.54) is 0 Å². The highest BCUT2D eigenvalue weighted by Crippen LogP contribution is 2.24. The summed E-state index contributed by atoms with van der Waals surface area (Å²) in [7, 11) is 0. The van der Waals surface area contributed by atoms with Crippen molar-refractivity contribution >= 4 is 11.6 Å². The van der Waals surface area contributed by atoms with E-state index in [0.29, 0.717) is 30.4 Å². The number of carbonyl (C=O) groups excluding carboxylic acids is 1. The van der Waals surface area contributed by atoms with E-state index in [-0.39, 0.29) is 5.91 Å². The Bertz CT molecular complexity index is 868. The molecule has 0 heterocycles. The van der Waals surface area contributed by atoms with Gasteiger partial charge in [-0.15, -0.1) is 0 Å². The van der Waals surface area contributed by atoms with Crippen molar-refractivity contribution in [2.45, 2.75) is 13.0 Å². The lowest BCUT2D eigenvalue weighted by molar-refractivity contribution is -0.122. The van der Waals surface area contributed by atoms with Crippen molar-refractivity contribution in [1.29, 1.82) is 0 Å². The average Bonchev–Trinajstić information content (AvgIpc) is 2.73. The van der Waals surface area contributed by atoms with Gasteiger partial charge in [0.25, 0.3) is 5.91 Å². The van der Waals surface area contributed by atoms with Gasteiger partial charge in [0, 0.05) is 0 Å². The molecule has 1 unspecified atom stereocenters. The van der Waals surface area contributed by atoms with Gasteiger partial charge in [0.1, 0.15) is 30.5 Å². The Labute approximate surface area is 164 Å². The van der Waals surface area contributed by atoms with Crippen molar-refractivity contribution < 1.29 is 19.0 Å². The first-order chi connectivity index (χ1) is 13.7. The van der Waals surface area contributed by atoms with Crippen LogP contribution >= 0.6 is 0 Å². The Morgan fingerprint density at radius 2 is 1.36 bits per heavy atom. The van der Waals surface area contributed by atoms with Crippen molar-refractivity contribution in [1.82, 2.24) is 0 Å². The summed E-state index contributed by atoms with van der Waals surface area (Å²) in [5.41, 5.74) is 0.593. The second kappa shape index (κ2) is 10.0. The molecule has 0 aliphatic carbocycles. The lowest BCUT2D eigenvalue weighted by Gasteiger charge is -2.17. The van der Waals surface area contributed by atoms with Crippen LogP contribution in [0.2, 0.25) is 0 Å². The minimum Gasteiger partial charge on any atom is -0.490 e. The van der Waals surface area contributed by atoms with E-state index in [2.05, 4.69) is 5.32 Å². The maximum Gasteiger partial charge on any atom is 0.265 e. The fraction of sp³-hybridized carbons (Fsp3) is 0.174. The van der Waals surface area contributed by atoms with Crippen LogP contribution in [0.15, 0.2) is 84.9 Å². The maximum atomic E-state index is 12.5. The van der Waals surface area contributed by atoms with Gasteiger partial charge >= 0.3 is 0 Å². The van der Waals surface area contributed by atoms with Crippen LogP contribution in [0.1, 0.15) is 6.92 Å². The fourth-order valence-corrected chi connectivity index (χ4v) is 2.51. The molecule has 0 fully saturated rings. The standard InChI is InChI=1S/C23H23NO4/c1-18(28-20-12-6-3-7-13-20)23(25)24-21-14-8-9-15-22(21)27-17-16-26-19-10-4-2-5-11-19/h2-15,18H,16-17H2,1H3,(H,24,25). The third kappa shape index (κ3) is 5.77. The first-order valence-corrected chi connectivity index (χ1v) is 9.14. The number of rotatable bonds is 9. The third-order valence-corrected chi connectivity index (χ3v) is 3.92. The largest absolute Gasteiger partial charge is 0.490 e. The molecule has 3 aromatic carbocycles. The van der Waals surface area contributed by atoms with Gasteiger partial charge in [0.15, 0.2) is 6.10 Å². The van der Waals surface area contributed by atoms with Crippen LogP contribution < -0.4 is 19.5 Å². The SMILES string of the molecule is CC(Oc1ccccc1)C(=O)Nc1ccccc1OCCOc1ccccc1. The minimum atomic E-state index is -0.642. The van der Waals surface area contributed by atoms with Crippen LogP contribution in [-0.4, -0.2) is 25.2 Å². The summed E-state index contributed by atoms with van der Waals surface area (Å²) >= 11 is 0. The van der Waals surface area contributed by atoms with Crippen LogP contribution in [-0.2, 0) is 4.79 Å².